The molecule has 11 aromatic rings. The van der Waals surface area contributed by atoms with Crippen LogP contribution in [0.15, 0.2) is 154 Å². The predicted molar refractivity (Wildman–Crippen MR) is 203 cm³/mol. The molecule has 0 amide bonds. The summed E-state index contributed by atoms with van der Waals surface area (Å²) in [6.07, 6.45) is 0. The monoisotopic (exact) mass is 651 g/mol. The first-order chi connectivity index (χ1) is 27.2. The Morgan fingerprint density at radius 1 is 0.510 bits per heavy atom. The lowest BCUT2D eigenvalue weighted by Gasteiger charge is -2.09. The summed E-state index contributed by atoms with van der Waals surface area (Å²) < 4.78 is 75.3. The summed E-state index contributed by atoms with van der Waals surface area (Å²) in [5.41, 5.74) is 6.30. The maximum Gasteiger partial charge on any atom is 0.180 e. The van der Waals surface area contributed by atoms with Crippen molar-refractivity contribution in [1.29, 1.82) is 0 Å². The van der Waals surface area contributed by atoms with Crippen LogP contribution < -0.4 is 0 Å². The van der Waals surface area contributed by atoms with Crippen LogP contribution in [0.2, 0.25) is 0 Å². The van der Waals surface area contributed by atoms with Gasteiger partial charge in [0.1, 0.15) is 28.0 Å². The largest absolute Gasteiger partial charge is 0.455 e. The van der Waals surface area contributed by atoms with Gasteiger partial charge in [0.25, 0.3) is 0 Å². The second-order valence-corrected chi connectivity index (χ2v) is 13.0. The molecule has 0 atom stereocenters. The lowest BCUT2D eigenvalue weighted by molar-refractivity contribution is 0.667. The molecule has 0 aliphatic rings. The zero-order valence-electron chi connectivity index (χ0n) is 32.4. The summed E-state index contributed by atoms with van der Waals surface area (Å²) >= 11 is 1.06. The van der Waals surface area contributed by atoms with Crippen molar-refractivity contribution in [2.24, 2.45) is 0 Å². The Bertz CT molecular complexity index is 3520. The molecule has 7 aromatic carbocycles. The van der Waals surface area contributed by atoms with Gasteiger partial charge < -0.3 is 8.83 Å². The second kappa shape index (κ2) is 10.1. The number of benzene rings is 7. The number of para-hydroxylation sites is 1. The fraction of sp³-hybridized carbons (Fsp3) is 0. The van der Waals surface area contributed by atoms with Gasteiger partial charge in [-0.3, -0.25) is 0 Å². The molecular weight excluding hydrogens is 621 g/mol. The third-order valence-corrected chi connectivity index (χ3v) is 10.2. The summed E-state index contributed by atoms with van der Waals surface area (Å²) in [6, 6.07) is 31.3. The van der Waals surface area contributed by atoms with Gasteiger partial charge >= 0.3 is 0 Å². The Morgan fingerprint density at radius 3 is 2.18 bits per heavy atom. The highest BCUT2D eigenvalue weighted by molar-refractivity contribution is 7.25. The Kier molecular flexibility index (Phi) is 4.29. The molecule has 11 rings (SSSR count). The van der Waals surface area contributed by atoms with Crippen molar-refractivity contribution in [3.8, 4) is 33.8 Å². The molecule has 0 radical (unpaired) electrons. The van der Waals surface area contributed by atoms with E-state index in [-0.39, 0.29) is 57.3 Å². The minimum atomic E-state index is -0.411. The standard InChI is InChI=1S/C44H24N2O2S/c1-2-10-25(11-3-1)44-45-40(43-41(46-44)32-15-6-8-16-36(32)48-43)27-19-21-37-34(22-27)35-24-33(28-12-4-5-14-31(28)42(35)47-37)26-18-20-30-29-13-7-9-17-38(29)49-39(30)23-26/h1-24H/i7D,9D,13D,17D,18D,20D,23D. The van der Waals surface area contributed by atoms with Crippen LogP contribution in [-0.2, 0) is 0 Å². The SMILES string of the molecule is [2H]c1c([2H])c([2H])c2c(sc3c([2H])c(-c4cc5c6cc(-c7nc(-c8ccccc8)nc8c7oc7ccccc78)ccc6oc5c5ccccc45)c([2H])c([2H])c32)c1[2H]. The quantitative estimate of drug-likeness (QED) is 0.191. The number of nitrogens with zero attached hydrogens (tertiary/aromatic N) is 2. The van der Waals surface area contributed by atoms with Crippen LogP contribution in [0.4, 0.5) is 0 Å². The van der Waals surface area contributed by atoms with Gasteiger partial charge in [0.05, 0.1) is 9.60 Å². The molecule has 0 aliphatic heterocycles. The molecule has 5 heteroatoms. The fourth-order valence-corrected chi connectivity index (χ4v) is 7.86. The Balaban J connectivity index is 1.20. The molecule has 228 valence electrons. The first-order valence-corrected chi connectivity index (χ1v) is 16.6. The summed E-state index contributed by atoms with van der Waals surface area (Å²) in [6.45, 7) is 0. The van der Waals surface area contributed by atoms with Crippen molar-refractivity contribution in [2.45, 2.75) is 0 Å². The highest BCUT2D eigenvalue weighted by atomic mass is 32.1. The molecule has 4 heterocycles. The molecule has 0 spiro atoms. The molecule has 0 bridgehead atoms. The van der Waals surface area contributed by atoms with E-state index in [1.165, 1.54) is 0 Å². The molecule has 0 saturated carbocycles. The van der Waals surface area contributed by atoms with E-state index in [2.05, 4.69) is 0 Å². The third-order valence-electron chi connectivity index (χ3n) is 9.16. The van der Waals surface area contributed by atoms with Gasteiger partial charge in [0.2, 0.25) is 0 Å². The minimum Gasteiger partial charge on any atom is -0.455 e. The summed E-state index contributed by atoms with van der Waals surface area (Å²) in [5.74, 6) is 0.562. The van der Waals surface area contributed by atoms with Crippen molar-refractivity contribution in [3.63, 3.8) is 0 Å². The predicted octanol–water partition coefficient (Wildman–Crippen LogP) is 12.8. The first-order valence-electron chi connectivity index (χ1n) is 19.2. The number of hydrogen-bond acceptors (Lipinski definition) is 5. The molecule has 49 heavy (non-hydrogen) atoms. The average Bonchev–Trinajstić information content (AvgIpc) is 3.93. The molecule has 0 unspecified atom stereocenters. The van der Waals surface area contributed by atoms with Crippen LogP contribution in [-0.4, -0.2) is 9.97 Å². The van der Waals surface area contributed by atoms with E-state index < -0.39 is 6.04 Å². The maximum absolute atomic E-state index is 9.51. The molecule has 0 N–H and O–H groups in total. The van der Waals surface area contributed by atoms with Gasteiger partial charge in [0, 0.05) is 52.8 Å². The molecule has 0 aliphatic carbocycles. The Morgan fingerprint density at radius 2 is 1.27 bits per heavy atom. The number of aromatic nitrogens is 2. The number of hydrogen-bond donors (Lipinski definition) is 0. The minimum absolute atomic E-state index is 0.0150. The van der Waals surface area contributed by atoms with Gasteiger partial charge in [-0.05, 0) is 65.0 Å². The second-order valence-electron chi connectivity index (χ2n) is 12.0. The molecule has 4 nitrogen and oxygen atoms in total. The van der Waals surface area contributed by atoms with Crippen LogP contribution in [0.3, 0.4) is 0 Å². The average molecular weight is 652 g/mol. The van der Waals surface area contributed by atoms with Gasteiger partial charge in [-0.2, -0.15) is 0 Å². The molecule has 0 saturated heterocycles. The molecule has 4 aromatic heterocycles. The van der Waals surface area contributed by atoms with Crippen LogP contribution in [0.5, 0.6) is 0 Å². The van der Waals surface area contributed by atoms with Crippen molar-refractivity contribution in [1.82, 2.24) is 9.97 Å². The molecule has 0 fully saturated rings. The van der Waals surface area contributed by atoms with E-state index >= 15 is 0 Å². The topological polar surface area (TPSA) is 52.1 Å². The number of furan rings is 2. The van der Waals surface area contributed by atoms with Gasteiger partial charge in [-0.1, -0.05) is 96.9 Å². The number of rotatable bonds is 3. The number of thiophene rings is 1. The van der Waals surface area contributed by atoms with E-state index in [9.17, 15) is 4.11 Å². The number of fused-ring (bicyclic) bond motifs is 11. The highest BCUT2D eigenvalue weighted by Crippen LogP contribution is 2.44. The normalized spacial score (nSPS) is 14.1. The van der Waals surface area contributed by atoms with Crippen LogP contribution in [0.1, 0.15) is 9.60 Å². The van der Waals surface area contributed by atoms with Crippen LogP contribution in [0.25, 0.3) is 109 Å². The lowest BCUT2D eigenvalue weighted by atomic mass is 9.94. The third kappa shape index (κ3) is 3.97. The van der Waals surface area contributed by atoms with Crippen molar-refractivity contribution < 1.29 is 18.4 Å². The zero-order valence-corrected chi connectivity index (χ0v) is 26.3. The van der Waals surface area contributed by atoms with Crippen molar-refractivity contribution >= 4 is 86.3 Å². The summed E-state index contributed by atoms with van der Waals surface area (Å²) in [4.78, 5) is 10.0. The van der Waals surface area contributed by atoms with Crippen molar-refractivity contribution in [2.75, 3.05) is 0 Å². The van der Waals surface area contributed by atoms with E-state index in [4.69, 9.17) is 24.3 Å². The maximum atomic E-state index is 9.51. The van der Waals surface area contributed by atoms with Gasteiger partial charge in [-0.15, -0.1) is 11.3 Å². The van der Waals surface area contributed by atoms with E-state index in [0.717, 1.165) is 49.4 Å². The van der Waals surface area contributed by atoms with Gasteiger partial charge in [-0.25, -0.2) is 9.97 Å². The Hall–Kier alpha value is -6.30. The fourth-order valence-electron chi connectivity index (χ4n) is 6.89. The summed E-state index contributed by atoms with van der Waals surface area (Å²) in [5, 5.41) is 4.27. The van der Waals surface area contributed by atoms with E-state index in [1.54, 1.807) is 0 Å². The first kappa shape index (κ1) is 20.8. The van der Waals surface area contributed by atoms with Crippen LogP contribution >= 0.6 is 11.3 Å². The van der Waals surface area contributed by atoms with Crippen molar-refractivity contribution in [3.05, 3.63) is 145 Å². The highest BCUT2D eigenvalue weighted by Gasteiger charge is 2.21. The van der Waals surface area contributed by atoms with Gasteiger partial charge in [0.15, 0.2) is 11.4 Å². The summed E-state index contributed by atoms with van der Waals surface area (Å²) in [7, 11) is 0. The van der Waals surface area contributed by atoms with E-state index in [0.29, 0.717) is 49.6 Å². The smallest absolute Gasteiger partial charge is 0.180 e. The zero-order chi connectivity index (χ0) is 38.1. The molecular formula is C44H24N2O2S. The lowest BCUT2D eigenvalue weighted by Crippen LogP contribution is -1.93. The van der Waals surface area contributed by atoms with E-state index in [1.807, 2.05) is 103 Å². The Labute approximate surface area is 293 Å². The van der Waals surface area contributed by atoms with Crippen LogP contribution in [0, 0.1) is 0 Å².